The van der Waals surface area contributed by atoms with Crippen LogP contribution in [-0.2, 0) is 9.47 Å². The second-order valence-corrected chi connectivity index (χ2v) is 4.50. The standard InChI is InChI=1S/C16H28N2O3/c1-4-19-12-10-18(11-13-20-5-2)14-8-7-9-15(16(14)17)21-6-3/h7-9H,4-6,10-13,17H2,1-3H3. The quantitative estimate of drug-likeness (QED) is 0.502. The van der Waals surface area contributed by atoms with Gasteiger partial charge >= 0.3 is 0 Å². The maximum absolute atomic E-state index is 6.23. The molecule has 0 fully saturated rings. The summed E-state index contributed by atoms with van der Waals surface area (Å²) in [6, 6.07) is 5.87. The van der Waals surface area contributed by atoms with Crippen molar-refractivity contribution >= 4 is 11.4 Å². The summed E-state index contributed by atoms with van der Waals surface area (Å²) in [5, 5.41) is 0. The fraction of sp³-hybridized carbons (Fsp3) is 0.625. The molecule has 0 amide bonds. The average Bonchev–Trinajstić information content (AvgIpc) is 2.49. The molecule has 1 rings (SSSR count). The molecule has 0 heterocycles. The molecule has 1 aromatic carbocycles. The van der Waals surface area contributed by atoms with E-state index >= 15 is 0 Å². The minimum Gasteiger partial charge on any atom is -0.492 e. The van der Waals surface area contributed by atoms with Gasteiger partial charge in [0.05, 0.1) is 31.2 Å². The van der Waals surface area contributed by atoms with E-state index in [0.29, 0.717) is 38.7 Å². The molecule has 0 aliphatic rings. The van der Waals surface area contributed by atoms with Crippen LogP contribution in [0.3, 0.4) is 0 Å². The van der Waals surface area contributed by atoms with Crippen molar-refractivity contribution in [1.82, 2.24) is 0 Å². The first-order chi connectivity index (χ1) is 10.2. The molecule has 0 atom stereocenters. The topological polar surface area (TPSA) is 57.0 Å². The number of hydrogen-bond donors (Lipinski definition) is 1. The molecule has 0 saturated heterocycles. The summed E-state index contributed by atoms with van der Waals surface area (Å²) in [6.45, 7) is 10.9. The summed E-state index contributed by atoms with van der Waals surface area (Å²) in [5.41, 5.74) is 7.88. The Bertz CT molecular complexity index is 389. The Morgan fingerprint density at radius 3 is 2.10 bits per heavy atom. The van der Waals surface area contributed by atoms with Crippen LogP contribution in [0.4, 0.5) is 11.4 Å². The lowest BCUT2D eigenvalue weighted by Crippen LogP contribution is -2.31. The van der Waals surface area contributed by atoms with Crippen molar-refractivity contribution in [2.24, 2.45) is 0 Å². The van der Waals surface area contributed by atoms with Gasteiger partial charge < -0.3 is 24.8 Å². The second-order valence-electron chi connectivity index (χ2n) is 4.50. The van der Waals surface area contributed by atoms with E-state index in [4.69, 9.17) is 19.9 Å². The Labute approximate surface area is 128 Å². The highest BCUT2D eigenvalue weighted by molar-refractivity contribution is 5.74. The van der Waals surface area contributed by atoms with Crippen molar-refractivity contribution in [3.05, 3.63) is 18.2 Å². The van der Waals surface area contributed by atoms with Gasteiger partial charge in [0.2, 0.25) is 0 Å². The Morgan fingerprint density at radius 2 is 1.57 bits per heavy atom. The zero-order valence-corrected chi connectivity index (χ0v) is 13.4. The minimum absolute atomic E-state index is 0.603. The molecule has 120 valence electrons. The van der Waals surface area contributed by atoms with E-state index in [2.05, 4.69) is 4.90 Å². The lowest BCUT2D eigenvalue weighted by molar-refractivity contribution is 0.141. The van der Waals surface area contributed by atoms with Crippen LogP contribution in [0.5, 0.6) is 5.75 Å². The molecule has 0 radical (unpaired) electrons. The molecule has 0 aliphatic carbocycles. The van der Waals surface area contributed by atoms with E-state index < -0.39 is 0 Å². The van der Waals surface area contributed by atoms with Gasteiger partial charge in [-0.25, -0.2) is 0 Å². The molecule has 0 bridgehead atoms. The molecule has 0 unspecified atom stereocenters. The van der Waals surface area contributed by atoms with Crippen molar-refractivity contribution in [3.8, 4) is 5.75 Å². The number of nitrogen functional groups attached to an aromatic ring is 1. The molecule has 0 aliphatic heterocycles. The molecule has 5 nitrogen and oxygen atoms in total. The third kappa shape index (κ3) is 5.81. The Morgan fingerprint density at radius 1 is 0.952 bits per heavy atom. The maximum Gasteiger partial charge on any atom is 0.144 e. The van der Waals surface area contributed by atoms with Crippen LogP contribution in [0.1, 0.15) is 20.8 Å². The summed E-state index contributed by atoms with van der Waals surface area (Å²) < 4.78 is 16.5. The summed E-state index contributed by atoms with van der Waals surface area (Å²) in [4.78, 5) is 2.18. The number of benzene rings is 1. The molecule has 2 N–H and O–H groups in total. The number of nitrogens with two attached hydrogens (primary N) is 1. The predicted molar refractivity (Wildman–Crippen MR) is 87.2 cm³/mol. The van der Waals surface area contributed by atoms with Gasteiger partial charge in [-0.2, -0.15) is 0 Å². The fourth-order valence-corrected chi connectivity index (χ4v) is 2.08. The largest absolute Gasteiger partial charge is 0.492 e. The third-order valence-corrected chi connectivity index (χ3v) is 3.10. The monoisotopic (exact) mass is 296 g/mol. The van der Waals surface area contributed by atoms with Crippen LogP contribution >= 0.6 is 0 Å². The number of anilines is 2. The maximum atomic E-state index is 6.23. The summed E-state index contributed by atoms with van der Waals surface area (Å²) in [6.07, 6.45) is 0. The molecular weight excluding hydrogens is 268 g/mol. The van der Waals surface area contributed by atoms with E-state index in [1.54, 1.807) is 0 Å². The van der Waals surface area contributed by atoms with Crippen LogP contribution in [0, 0.1) is 0 Å². The number of para-hydroxylation sites is 1. The van der Waals surface area contributed by atoms with Gasteiger partial charge in [-0.3, -0.25) is 0 Å². The van der Waals surface area contributed by atoms with Gasteiger partial charge in [0.25, 0.3) is 0 Å². The molecule has 1 aromatic rings. The third-order valence-electron chi connectivity index (χ3n) is 3.10. The molecule has 0 spiro atoms. The van der Waals surface area contributed by atoms with Crippen LogP contribution in [0.2, 0.25) is 0 Å². The van der Waals surface area contributed by atoms with Crippen LogP contribution in [-0.4, -0.2) is 46.1 Å². The molecule has 5 heteroatoms. The first kappa shape index (κ1) is 17.6. The van der Waals surface area contributed by atoms with E-state index in [0.717, 1.165) is 24.5 Å². The average molecular weight is 296 g/mol. The molecule has 0 aromatic heterocycles. The van der Waals surface area contributed by atoms with Gasteiger partial charge in [0.15, 0.2) is 0 Å². The zero-order valence-electron chi connectivity index (χ0n) is 13.4. The Balaban J connectivity index is 2.81. The Hall–Kier alpha value is -1.46. The van der Waals surface area contributed by atoms with E-state index in [-0.39, 0.29) is 0 Å². The SMILES string of the molecule is CCOCCN(CCOCC)c1cccc(OCC)c1N. The van der Waals surface area contributed by atoms with E-state index in [1.165, 1.54) is 0 Å². The van der Waals surface area contributed by atoms with Crippen LogP contribution in [0.25, 0.3) is 0 Å². The first-order valence-electron chi connectivity index (χ1n) is 7.66. The highest BCUT2D eigenvalue weighted by Gasteiger charge is 2.13. The van der Waals surface area contributed by atoms with E-state index in [1.807, 2.05) is 39.0 Å². The Kier molecular flexibility index (Phi) is 8.62. The van der Waals surface area contributed by atoms with Crippen molar-refractivity contribution in [3.63, 3.8) is 0 Å². The van der Waals surface area contributed by atoms with Crippen molar-refractivity contribution in [2.45, 2.75) is 20.8 Å². The summed E-state index contributed by atoms with van der Waals surface area (Å²) in [7, 11) is 0. The van der Waals surface area contributed by atoms with Crippen LogP contribution < -0.4 is 15.4 Å². The highest BCUT2D eigenvalue weighted by Crippen LogP contribution is 2.32. The number of hydrogen-bond acceptors (Lipinski definition) is 5. The van der Waals surface area contributed by atoms with Gasteiger partial charge in [0, 0.05) is 26.3 Å². The zero-order chi connectivity index (χ0) is 15.5. The first-order valence-corrected chi connectivity index (χ1v) is 7.66. The number of ether oxygens (including phenoxy) is 3. The van der Waals surface area contributed by atoms with Gasteiger partial charge in [-0.05, 0) is 32.9 Å². The summed E-state index contributed by atoms with van der Waals surface area (Å²) >= 11 is 0. The molecule has 0 saturated carbocycles. The smallest absolute Gasteiger partial charge is 0.144 e. The van der Waals surface area contributed by atoms with Gasteiger partial charge in [-0.1, -0.05) is 6.07 Å². The predicted octanol–water partition coefficient (Wildman–Crippen LogP) is 2.55. The normalized spacial score (nSPS) is 10.6. The van der Waals surface area contributed by atoms with Crippen molar-refractivity contribution < 1.29 is 14.2 Å². The van der Waals surface area contributed by atoms with E-state index in [9.17, 15) is 0 Å². The van der Waals surface area contributed by atoms with Gasteiger partial charge in [-0.15, -0.1) is 0 Å². The summed E-state index contributed by atoms with van der Waals surface area (Å²) in [5.74, 6) is 0.729. The highest BCUT2D eigenvalue weighted by atomic mass is 16.5. The second kappa shape index (κ2) is 10.3. The number of rotatable bonds is 11. The number of nitrogens with zero attached hydrogens (tertiary/aromatic N) is 1. The van der Waals surface area contributed by atoms with Crippen molar-refractivity contribution in [1.29, 1.82) is 0 Å². The fourth-order valence-electron chi connectivity index (χ4n) is 2.08. The lowest BCUT2D eigenvalue weighted by Gasteiger charge is -2.26. The van der Waals surface area contributed by atoms with Gasteiger partial charge in [0.1, 0.15) is 5.75 Å². The minimum atomic E-state index is 0.603. The lowest BCUT2D eigenvalue weighted by atomic mass is 10.2. The van der Waals surface area contributed by atoms with Crippen LogP contribution in [0.15, 0.2) is 18.2 Å². The van der Waals surface area contributed by atoms with Crippen molar-refractivity contribution in [2.75, 3.05) is 56.8 Å². The molecular formula is C16H28N2O3. The molecule has 21 heavy (non-hydrogen) atoms.